The highest BCUT2D eigenvalue weighted by Crippen LogP contribution is 2.24. The fraction of sp³-hybridized carbons (Fsp3) is 0.167. The van der Waals surface area contributed by atoms with E-state index >= 15 is 0 Å². The average Bonchev–Trinajstić information content (AvgIpc) is 2.32. The van der Waals surface area contributed by atoms with Crippen molar-refractivity contribution in [3.63, 3.8) is 0 Å². The maximum atomic E-state index is 12.4. The van der Waals surface area contributed by atoms with Crippen LogP contribution in [0.4, 0.5) is 5.82 Å². The molecule has 1 N–H and O–H groups in total. The van der Waals surface area contributed by atoms with Gasteiger partial charge in [0.05, 0.1) is 11.1 Å². The molecule has 0 bridgehead atoms. The van der Waals surface area contributed by atoms with Gasteiger partial charge in [0.15, 0.2) is 10.4 Å². The van der Waals surface area contributed by atoms with Crippen molar-refractivity contribution in [2.45, 2.75) is 18.7 Å². The first-order valence-corrected chi connectivity index (χ1v) is 8.64. The Kier molecular flexibility index (Phi) is 4.46. The van der Waals surface area contributed by atoms with Gasteiger partial charge in [-0.2, -0.15) is 0 Å². The molecule has 0 aliphatic heterocycles. The predicted octanol–water partition coefficient (Wildman–Crippen LogP) is 3.42. The third kappa shape index (κ3) is 3.36. The largest absolute Gasteiger partial charge is 0.263 e. The molecular weight excluding hydrogens is 410 g/mol. The summed E-state index contributed by atoms with van der Waals surface area (Å²) in [5, 5.41) is 0. The maximum Gasteiger partial charge on any atom is 0.263 e. The van der Waals surface area contributed by atoms with Crippen molar-refractivity contribution in [3.05, 3.63) is 44.7 Å². The normalized spacial score (nSPS) is 11.4. The Morgan fingerprint density at radius 3 is 2.50 bits per heavy atom. The Hall–Kier alpha value is -0.990. The molecule has 20 heavy (non-hydrogen) atoms. The first-order valence-electron chi connectivity index (χ1n) is 5.58. The minimum atomic E-state index is -3.69. The third-order valence-electron chi connectivity index (χ3n) is 2.55. The van der Waals surface area contributed by atoms with Crippen LogP contribution in [0.15, 0.2) is 38.5 Å². The molecule has 0 aliphatic rings. The second kappa shape index (κ2) is 5.79. The Labute approximate surface area is 134 Å². The lowest BCUT2D eigenvalue weighted by atomic mass is 10.2. The molecule has 1 aromatic carbocycles. The molecule has 0 atom stereocenters. The SMILES string of the molecule is Cc1ccc(S(=O)(=O)Nc2ncc(Br)nc2Br)c(C)c1. The summed E-state index contributed by atoms with van der Waals surface area (Å²) in [4.78, 5) is 8.24. The van der Waals surface area contributed by atoms with Crippen molar-refractivity contribution in [1.82, 2.24) is 9.97 Å². The number of benzene rings is 1. The van der Waals surface area contributed by atoms with Gasteiger partial charge in [0, 0.05) is 0 Å². The molecular formula is C12H11Br2N3O2S. The van der Waals surface area contributed by atoms with Crippen molar-refractivity contribution in [3.8, 4) is 0 Å². The molecule has 2 aromatic rings. The van der Waals surface area contributed by atoms with Gasteiger partial charge < -0.3 is 0 Å². The van der Waals surface area contributed by atoms with Crippen LogP contribution in [0.25, 0.3) is 0 Å². The van der Waals surface area contributed by atoms with Gasteiger partial charge >= 0.3 is 0 Å². The molecule has 2 rings (SSSR count). The number of hydrogen-bond donors (Lipinski definition) is 1. The highest BCUT2D eigenvalue weighted by Gasteiger charge is 2.19. The van der Waals surface area contributed by atoms with Crippen molar-refractivity contribution >= 4 is 47.7 Å². The molecule has 0 spiro atoms. The van der Waals surface area contributed by atoms with Gasteiger partial charge in [-0.05, 0) is 57.3 Å². The Bertz CT molecular complexity index is 763. The molecule has 1 aromatic heterocycles. The van der Waals surface area contributed by atoms with E-state index in [1.54, 1.807) is 19.1 Å². The van der Waals surface area contributed by atoms with Crippen LogP contribution in [-0.2, 0) is 10.0 Å². The van der Waals surface area contributed by atoms with E-state index in [1.807, 2.05) is 13.0 Å². The highest BCUT2D eigenvalue weighted by atomic mass is 79.9. The van der Waals surface area contributed by atoms with E-state index in [2.05, 4.69) is 46.5 Å². The summed E-state index contributed by atoms with van der Waals surface area (Å²) in [5.41, 5.74) is 1.68. The number of sulfonamides is 1. The second-order valence-electron chi connectivity index (χ2n) is 4.21. The van der Waals surface area contributed by atoms with Crippen LogP contribution in [-0.4, -0.2) is 18.4 Å². The van der Waals surface area contributed by atoms with Crippen LogP contribution in [0.1, 0.15) is 11.1 Å². The molecule has 0 amide bonds. The monoisotopic (exact) mass is 419 g/mol. The summed E-state index contributed by atoms with van der Waals surface area (Å²) in [6, 6.07) is 5.15. The number of aromatic nitrogens is 2. The van der Waals surface area contributed by atoms with Crippen LogP contribution < -0.4 is 4.72 Å². The van der Waals surface area contributed by atoms with Gasteiger partial charge in [0.1, 0.15) is 4.60 Å². The van der Waals surface area contributed by atoms with Crippen molar-refractivity contribution < 1.29 is 8.42 Å². The number of nitrogens with one attached hydrogen (secondary N) is 1. The lowest BCUT2D eigenvalue weighted by Gasteiger charge is -2.11. The third-order valence-corrected chi connectivity index (χ3v) is 4.99. The van der Waals surface area contributed by atoms with E-state index in [0.29, 0.717) is 14.8 Å². The predicted molar refractivity (Wildman–Crippen MR) is 84.2 cm³/mol. The second-order valence-corrected chi connectivity index (χ2v) is 7.42. The lowest BCUT2D eigenvalue weighted by molar-refractivity contribution is 0.600. The van der Waals surface area contributed by atoms with Crippen molar-refractivity contribution in [2.24, 2.45) is 0 Å². The fourth-order valence-corrected chi connectivity index (χ4v) is 3.98. The van der Waals surface area contributed by atoms with Gasteiger partial charge in [-0.25, -0.2) is 18.4 Å². The Morgan fingerprint density at radius 1 is 1.20 bits per heavy atom. The quantitative estimate of drug-likeness (QED) is 0.825. The minimum absolute atomic E-state index is 0.146. The molecule has 0 saturated carbocycles. The molecule has 1 heterocycles. The number of rotatable bonds is 3. The number of hydrogen-bond acceptors (Lipinski definition) is 4. The summed E-state index contributed by atoms with van der Waals surface area (Å²) in [7, 11) is -3.69. The molecule has 0 saturated heterocycles. The van der Waals surface area contributed by atoms with Gasteiger partial charge in [-0.15, -0.1) is 0 Å². The molecule has 8 heteroatoms. The summed E-state index contributed by atoms with van der Waals surface area (Å²) in [6.45, 7) is 3.66. The molecule has 5 nitrogen and oxygen atoms in total. The standard InChI is InChI=1S/C12H11Br2N3O2S/c1-7-3-4-9(8(2)5-7)20(18,19)17-12-11(14)16-10(13)6-15-12/h3-6H,1-2H3,(H,15,17). The molecule has 0 aliphatic carbocycles. The lowest BCUT2D eigenvalue weighted by Crippen LogP contribution is -2.16. The van der Waals surface area contributed by atoms with E-state index in [9.17, 15) is 8.42 Å². The summed E-state index contributed by atoms with van der Waals surface area (Å²) in [5.74, 6) is 0.146. The highest BCUT2D eigenvalue weighted by molar-refractivity contribution is 9.11. The number of halogens is 2. The topological polar surface area (TPSA) is 72.0 Å². The van der Waals surface area contributed by atoms with Crippen molar-refractivity contribution in [1.29, 1.82) is 0 Å². The van der Waals surface area contributed by atoms with Crippen LogP contribution in [0.2, 0.25) is 0 Å². The maximum absolute atomic E-state index is 12.4. The Balaban J connectivity index is 2.41. The summed E-state index contributed by atoms with van der Waals surface area (Å²) < 4.78 is 28.0. The van der Waals surface area contributed by atoms with E-state index < -0.39 is 10.0 Å². The van der Waals surface area contributed by atoms with E-state index in [4.69, 9.17) is 0 Å². The smallest absolute Gasteiger partial charge is 0.261 e. The molecule has 0 radical (unpaired) electrons. The summed E-state index contributed by atoms with van der Waals surface area (Å²) >= 11 is 6.33. The molecule has 0 fully saturated rings. The Morgan fingerprint density at radius 2 is 1.90 bits per heavy atom. The number of nitrogens with zero attached hydrogens (tertiary/aromatic N) is 2. The average molecular weight is 421 g/mol. The zero-order chi connectivity index (χ0) is 14.9. The zero-order valence-electron chi connectivity index (χ0n) is 10.7. The zero-order valence-corrected chi connectivity index (χ0v) is 14.7. The molecule has 0 unspecified atom stereocenters. The molecule has 106 valence electrons. The first kappa shape index (κ1) is 15.4. The number of anilines is 1. The van der Waals surface area contributed by atoms with E-state index in [-0.39, 0.29) is 10.7 Å². The van der Waals surface area contributed by atoms with Crippen LogP contribution in [0, 0.1) is 13.8 Å². The number of aryl methyl sites for hydroxylation is 2. The van der Waals surface area contributed by atoms with Crippen LogP contribution >= 0.6 is 31.9 Å². The van der Waals surface area contributed by atoms with Crippen LogP contribution in [0.5, 0.6) is 0 Å². The van der Waals surface area contributed by atoms with Gasteiger partial charge in [-0.1, -0.05) is 17.7 Å². The van der Waals surface area contributed by atoms with Gasteiger partial charge in [0.25, 0.3) is 10.0 Å². The van der Waals surface area contributed by atoms with E-state index in [1.165, 1.54) is 6.20 Å². The first-order chi connectivity index (χ1) is 9.29. The van der Waals surface area contributed by atoms with Crippen molar-refractivity contribution in [2.75, 3.05) is 4.72 Å². The fourth-order valence-electron chi connectivity index (χ4n) is 1.70. The van der Waals surface area contributed by atoms with E-state index in [0.717, 1.165) is 5.56 Å². The van der Waals surface area contributed by atoms with Gasteiger partial charge in [0.2, 0.25) is 0 Å². The van der Waals surface area contributed by atoms with Crippen LogP contribution in [0.3, 0.4) is 0 Å². The summed E-state index contributed by atoms with van der Waals surface area (Å²) in [6.07, 6.45) is 1.42. The van der Waals surface area contributed by atoms with Gasteiger partial charge in [-0.3, -0.25) is 4.72 Å². The minimum Gasteiger partial charge on any atom is -0.261 e.